The molecule has 2 heterocycles. The number of hydrogen-bond acceptors (Lipinski definition) is 2. The molecule has 0 unspecified atom stereocenters. The lowest BCUT2D eigenvalue weighted by atomic mass is 10.1. The van der Waals surface area contributed by atoms with Gasteiger partial charge >= 0.3 is 0 Å². The van der Waals surface area contributed by atoms with Crippen molar-refractivity contribution in [2.75, 3.05) is 10.2 Å². The Morgan fingerprint density at radius 3 is 2.26 bits per heavy atom. The van der Waals surface area contributed by atoms with Crippen LogP contribution in [0.4, 0.5) is 11.4 Å². The fraction of sp³-hybridized carbons (Fsp3) is 0.0769. The van der Waals surface area contributed by atoms with Gasteiger partial charge in [0.15, 0.2) is 0 Å². The maximum Gasteiger partial charge on any atom is 0.258 e. The fourth-order valence-corrected chi connectivity index (χ4v) is 3.94. The van der Waals surface area contributed by atoms with Crippen molar-refractivity contribution in [3.8, 4) is 5.69 Å². The van der Waals surface area contributed by atoms with E-state index in [1.165, 1.54) is 0 Å². The Hall–Kier alpha value is -4.12. The second kappa shape index (κ2) is 7.95. The van der Waals surface area contributed by atoms with Crippen LogP contribution in [0.25, 0.3) is 5.69 Å². The van der Waals surface area contributed by atoms with Crippen molar-refractivity contribution >= 4 is 23.2 Å². The van der Waals surface area contributed by atoms with Gasteiger partial charge in [-0.3, -0.25) is 9.59 Å². The van der Waals surface area contributed by atoms with Gasteiger partial charge in [0, 0.05) is 23.1 Å². The number of para-hydroxylation sites is 2. The molecule has 0 saturated heterocycles. The molecule has 2 amide bonds. The maximum absolute atomic E-state index is 13.3. The van der Waals surface area contributed by atoms with Crippen LogP contribution in [0.1, 0.15) is 21.6 Å². The molecule has 0 saturated carbocycles. The lowest BCUT2D eigenvalue weighted by Crippen LogP contribution is -2.34. The van der Waals surface area contributed by atoms with E-state index in [0.717, 1.165) is 22.6 Å². The van der Waals surface area contributed by atoms with E-state index in [-0.39, 0.29) is 11.8 Å². The zero-order valence-corrected chi connectivity index (χ0v) is 16.9. The lowest BCUT2D eigenvalue weighted by molar-refractivity contribution is -0.115. The number of nitrogens with zero attached hydrogens (tertiary/aromatic N) is 2. The fourth-order valence-electron chi connectivity index (χ4n) is 3.94. The molecular weight excluding hydrogens is 386 g/mol. The van der Waals surface area contributed by atoms with Crippen LogP contribution in [-0.4, -0.2) is 16.4 Å². The highest BCUT2D eigenvalue weighted by Gasteiger charge is 2.26. The highest BCUT2D eigenvalue weighted by molar-refractivity contribution is 6.07. The first-order valence-corrected chi connectivity index (χ1v) is 10.2. The third-order valence-corrected chi connectivity index (χ3v) is 5.45. The lowest BCUT2D eigenvalue weighted by Gasteiger charge is -2.31. The van der Waals surface area contributed by atoms with E-state index in [4.69, 9.17) is 0 Å². The number of benzene rings is 3. The minimum Gasteiger partial charge on any atom is -0.326 e. The van der Waals surface area contributed by atoms with Gasteiger partial charge in [-0.05, 0) is 54.1 Å². The van der Waals surface area contributed by atoms with Crippen LogP contribution in [0.3, 0.4) is 0 Å². The summed E-state index contributed by atoms with van der Waals surface area (Å²) in [6.45, 7) is 0.512. The summed E-state index contributed by atoms with van der Waals surface area (Å²) in [6.07, 6.45) is 2.33. The molecule has 5 nitrogen and oxygen atoms in total. The molecule has 0 fully saturated rings. The van der Waals surface area contributed by atoms with Gasteiger partial charge in [-0.2, -0.15) is 0 Å². The van der Waals surface area contributed by atoms with Crippen molar-refractivity contribution in [1.82, 2.24) is 4.57 Å². The molecule has 3 aromatic carbocycles. The molecule has 0 spiro atoms. The van der Waals surface area contributed by atoms with Gasteiger partial charge in [0.25, 0.3) is 5.91 Å². The quantitative estimate of drug-likeness (QED) is 0.527. The van der Waals surface area contributed by atoms with Crippen LogP contribution in [0.5, 0.6) is 0 Å². The molecule has 0 aliphatic carbocycles. The van der Waals surface area contributed by atoms with Crippen molar-refractivity contribution in [2.45, 2.75) is 13.0 Å². The number of rotatable bonds is 4. The number of aromatic nitrogens is 1. The van der Waals surface area contributed by atoms with Crippen molar-refractivity contribution in [1.29, 1.82) is 0 Å². The molecule has 1 N–H and O–H groups in total. The molecule has 5 heteroatoms. The third-order valence-electron chi connectivity index (χ3n) is 5.45. The number of carbonyl (C=O) groups is 2. The van der Waals surface area contributed by atoms with E-state index in [9.17, 15) is 9.59 Å². The van der Waals surface area contributed by atoms with Crippen LogP contribution >= 0.6 is 0 Å². The number of carbonyl (C=O) groups excluding carboxylic acids is 2. The number of hydrogen-bond donors (Lipinski definition) is 1. The number of nitrogens with one attached hydrogen (secondary N) is 1. The van der Waals surface area contributed by atoms with E-state index in [1.807, 2.05) is 72.9 Å². The number of fused-ring (bicyclic) bond motifs is 3. The Bertz CT molecular complexity index is 1240. The molecule has 0 atom stereocenters. The average Bonchev–Trinajstić information content (AvgIpc) is 3.28. The zero-order chi connectivity index (χ0) is 21.2. The molecule has 1 aliphatic heterocycles. The largest absolute Gasteiger partial charge is 0.326 e. The maximum atomic E-state index is 13.3. The van der Waals surface area contributed by atoms with Crippen LogP contribution < -0.4 is 10.2 Å². The van der Waals surface area contributed by atoms with Crippen molar-refractivity contribution < 1.29 is 9.59 Å². The summed E-state index contributed by atoms with van der Waals surface area (Å²) in [5.74, 6) is -0.155. The van der Waals surface area contributed by atoms with Gasteiger partial charge < -0.3 is 14.8 Å². The van der Waals surface area contributed by atoms with Crippen LogP contribution in [0, 0.1) is 0 Å². The van der Waals surface area contributed by atoms with E-state index in [0.29, 0.717) is 24.2 Å². The second-order valence-corrected chi connectivity index (χ2v) is 7.54. The molecular formula is C26H21N3O2. The van der Waals surface area contributed by atoms with Crippen molar-refractivity contribution in [3.05, 3.63) is 114 Å². The summed E-state index contributed by atoms with van der Waals surface area (Å²) in [5.41, 5.74) is 5.15. The standard InChI is InChI=1S/C26H21N3O2/c30-25(17-19-7-2-1-3-8-19)27-21-14-12-20(13-15-21)26(31)29-18-22-9-6-16-28(22)23-10-4-5-11-24(23)29/h1-16H,17-18H2,(H,27,30). The van der Waals surface area contributed by atoms with Gasteiger partial charge in [0.05, 0.1) is 24.3 Å². The predicted molar refractivity (Wildman–Crippen MR) is 122 cm³/mol. The van der Waals surface area contributed by atoms with Gasteiger partial charge in [0.2, 0.25) is 5.91 Å². The summed E-state index contributed by atoms with van der Waals surface area (Å²) >= 11 is 0. The van der Waals surface area contributed by atoms with Gasteiger partial charge in [0.1, 0.15) is 0 Å². The molecule has 1 aromatic heterocycles. The average molecular weight is 407 g/mol. The van der Waals surface area contributed by atoms with Crippen LogP contribution in [-0.2, 0) is 17.8 Å². The van der Waals surface area contributed by atoms with E-state index < -0.39 is 0 Å². The minimum absolute atomic E-state index is 0.0675. The van der Waals surface area contributed by atoms with E-state index in [2.05, 4.69) is 9.88 Å². The molecule has 1 aliphatic rings. The van der Waals surface area contributed by atoms with Gasteiger partial charge in [-0.15, -0.1) is 0 Å². The highest BCUT2D eigenvalue weighted by Crippen LogP contribution is 2.33. The van der Waals surface area contributed by atoms with E-state index in [1.54, 1.807) is 29.2 Å². The van der Waals surface area contributed by atoms with Crippen molar-refractivity contribution in [2.24, 2.45) is 0 Å². The van der Waals surface area contributed by atoms with Gasteiger partial charge in [-0.25, -0.2) is 0 Å². The smallest absolute Gasteiger partial charge is 0.258 e. The Labute approximate surface area is 180 Å². The molecule has 0 radical (unpaired) electrons. The first kappa shape index (κ1) is 18.9. The summed E-state index contributed by atoms with van der Waals surface area (Å²) in [5, 5.41) is 2.89. The molecule has 5 rings (SSSR count). The topological polar surface area (TPSA) is 54.3 Å². The third kappa shape index (κ3) is 3.73. The van der Waals surface area contributed by atoms with Crippen molar-refractivity contribution in [3.63, 3.8) is 0 Å². The SMILES string of the molecule is O=C(Cc1ccccc1)Nc1ccc(C(=O)N2Cc3cccn3-c3ccccc32)cc1. The first-order chi connectivity index (χ1) is 15.2. The Morgan fingerprint density at radius 1 is 0.774 bits per heavy atom. The molecule has 31 heavy (non-hydrogen) atoms. The summed E-state index contributed by atoms with van der Waals surface area (Å²) in [4.78, 5) is 27.4. The van der Waals surface area contributed by atoms with Crippen LogP contribution in [0.15, 0.2) is 97.2 Å². The Morgan fingerprint density at radius 2 is 1.48 bits per heavy atom. The monoisotopic (exact) mass is 407 g/mol. The molecule has 152 valence electrons. The van der Waals surface area contributed by atoms with Crippen LogP contribution in [0.2, 0.25) is 0 Å². The number of anilines is 2. The number of amides is 2. The Balaban J connectivity index is 1.32. The second-order valence-electron chi connectivity index (χ2n) is 7.54. The van der Waals surface area contributed by atoms with Gasteiger partial charge in [-0.1, -0.05) is 42.5 Å². The molecule has 4 aromatic rings. The Kier molecular flexibility index (Phi) is 4.84. The normalized spacial score (nSPS) is 12.1. The summed E-state index contributed by atoms with van der Waals surface area (Å²) in [7, 11) is 0. The predicted octanol–water partition coefficient (Wildman–Crippen LogP) is 4.82. The molecule has 0 bridgehead atoms. The minimum atomic E-state index is -0.0870. The zero-order valence-electron chi connectivity index (χ0n) is 16.9. The van der Waals surface area contributed by atoms with E-state index >= 15 is 0 Å². The summed E-state index contributed by atoms with van der Waals surface area (Å²) < 4.78 is 2.12. The summed E-state index contributed by atoms with van der Waals surface area (Å²) in [6, 6.07) is 28.6. The highest BCUT2D eigenvalue weighted by atomic mass is 16.2. The first-order valence-electron chi connectivity index (χ1n) is 10.2.